The summed E-state index contributed by atoms with van der Waals surface area (Å²) in [4.78, 5) is 12.7. The van der Waals surface area contributed by atoms with Crippen molar-refractivity contribution in [2.75, 3.05) is 24.8 Å². The second-order valence-corrected chi connectivity index (χ2v) is 5.83. The Kier molecular flexibility index (Phi) is 5.77. The van der Waals surface area contributed by atoms with E-state index < -0.39 is 0 Å². The van der Waals surface area contributed by atoms with Crippen LogP contribution in [0, 0.1) is 6.92 Å². The molecule has 2 aromatic heterocycles. The Bertz CT molecular complexity index is 820. The molecular weight excluding hydrogens is 332 g/mol. The highest BCUT2D eigenvalue weighted by Gasteiger charge is 2.15. The van der Waals surface area contributed by atoms with Crippen molar-refractivity contribution in [3.63, 3.8) is 0 Å². The number of hydrogen-bond donors (Lipinski definition) is 3. The monoisotopic (exact) mass is 354 g/mol. The molecule has 8 heteroatoms. The second kappa shape index (κ2) is 8.41. The largest absolute Gasteiger partial charge is 0.468 e. The molecule has 1 atom stereocenters. The van der Waals surface area contributed by atoms with Gasteiger partial charge in [-0.2, -0.15) is 15.0 Å². The number of furan rings is 1. The number of rotatable bonds is 8. The molecule has 4 N–H and O–H groups in total. The highest BCUT2D eigenvalue weighted by atomic mass is 16.5. The summed E-state index contributed by atoms with van der Waals surface area (Å²) >= 11 is 0. The van der Waals surface area contributed by atoms with Crippen molar-refractivity contribution >= 4 is 17.6 Å². The summed E-state index contributed by atoms with van der Waals surface area (Å²) in [6.45, 7) is 2.89. The van der Waals surface area contributed by atoms with Crippen molar-refractivity contribution in [3.05, 3.63) is 59.8 Å². The lowest BCUT2D eigenvalue weighted by Crippen LogP contribution is -2.26. The van der Waals surface area contributed by atoms with Crippen molar-refractivity contribution in [1.82, 2.24) is 20.3 Å². The molecule has 2 heterocycles. The van der Waals surface area contributed by atoms with E-state index >= 15 is 0 Å². The predicted octanol–water partition coefficient (Wildman–Crippen LogP) is 2.58. The van der Waals surface area contributed by atoms with Gasteiger partial charge in [0.15, 0.2) is 0 Å². The maximum absolute atomic E-state index is 5.82. The number of aryl methyl sites for hydroxylation is 1. The number of nitrogens with zero attached hydrogens (tertiary/aromatic N) is 3. The van der Waals surface area contributed by atoms with E-state index in [2.05, 4.69) is 25.6 Å². The van der Waals surface area contributed by atoms with E-state index in [0.717, 1.165) is 11.4 Å². The van der Waals surface area contributed by atoms with Gasteiger partial charge in [-0.3, -0.25) is 5.32 Å². The van der Waals surface area contributed by atoms with Crippen LogP contribution < -0.4 is 16.4 Å². The van der Waals surface area contributed by atoms with Crippen LogP contribution in [-0.2, 0) is 11.3 Å². The first-order valence-electron chi connectivity index (χ1n) is 8.24. The molecule has 1 unspecified atom stereocenters. The SMILES string of the molecule is COCC(NCc1nc(N)nc(Nc2ccc(C)cc2)n1)c1ccco1. The molecule has 0 spiro atoms. The highest BCUT2D eigenvalue weighted by Crippen LogP contribution is 2.16. The van der Waals surface area contributed by atoms with Gasteiger partial charge in [0, 0.05) is 12.8 Å². The molecule has 0 amide bonds. The Balaban J connectivity index is 1.69. The van der Waals surface area contributed by atoms with E-state index in [1.165, 1.54) is 5.56 Å². The molecular formula is C18H22N6O2. The quantitative estimate of drug-likeness (QED) is 0.566. The molecule has 0 aliphatic rings. The number of ether oxygens (including phenoxy) is 1. The van der Waals surface area contributed by atoms with Gasteiger partial charge in [-0.1, -0.05) is 17.7 Å². The van der Waals surface area contributed by atoms with Crippen molar-refractivity contribution < 1.29 is 9.15 Å². The summed E-state index contributed by atoms with van der Waals surface area (Å²) in [6, 6.07) is 11.5. The third kappa shape index (κ3) is 4.78. The summed E-state index contributed by atoms with van der Waals surface area (Å²) in [7, 11) is 1.64. The van der Waals surface area contributed by atoms with Crippen molar-refractivity contribution in [1.29, 1.82) is 0 Å². The van der Waals surface area contributed by atoms with Gasteiger partial charge in [0.1, 0.15) is 11.6 Å². The number of nitrogens with two attached hydrogens (primary N) is 1. The van der Waals surface area contributed by atoms with E-state index in [0.29, 0.717) is 24.9 Å². The molecule has 0 saturated heterocycles. The average Bonchev–Trinajstić information content (AvgIpc) is 3.15. The Labute approximate surface area is 151 Å². The molecule has 26 heavy (non-hydrogen) atoms. The van der Waals surface area contributed by atoms with Crippen LogP contribution in [-0.4, -0.2) is 28.7 Å². The van der Waals surface area contributed by atoms with Crippen molar-refractivity contribution in [3.8, 4) is 0 Å². The fourth-order valence-electron chi connectivity index (χ4n) is 2.45. The number of aromatic nitrogens is 3. The summed E-state index contributed by atoms with van der Waals surface area (Å²) < 4.78 is 10.7. The lowest BCUT2D eigenvalue weighted by Gasteiger charge is -2.15. The van der Waals surface area contributed by atoms with Crippen molar-refractivity contribution in [2.24, 2.45) is 0 Å². The van der Waals surface area contributed by atoms with Crippen LogP contribution in [0.25, 0.3) is 0 Å². The third-order valence-electron chi connectivity index (χ3n) is 3.73. The lowest BCUT2D eigenvalue weighted by atomic mass is 10.2. The number of nitrogens with one attached hydrogen (secondary N) is 2. The minimum atomic E-state index is -0.110. The Hall–Kier alpha value is -2.97. The van der Waals surface area contributed by atoms with Gasteiger partial charge >= 0.3 is 0 Å². The lowest BCUT2D eigenvalue weighted by molar-refractivity contribution is 0.156. The average molecular weight is 354 g/mol. The van der Waals surface area contributed by atoms with E-state index in [1.807, 2.05) is 43.3 Å². The van der Waals surface area contributed by atoms with Gasteiger partial charge in [0.05, 0.1) is 25.5 Å². The van der Waals surface area contributed by atoms with E-state index in [1.54, 1.807) is 13.4 Å². The third-order valence-corrected chi connectivity index (χ3v) is 3.73. The smallest absolute Gasteiger partial charge is 0.232 e. The molecule has 0 aliphatic carbocycles. The Morgan fingerprint density at radius 2 is 1.96 bits per heavy atom. The molecule has 8 nitrogen and oxygen atoms in total. The zero-order valence-corrected chi connectivity index (χ0v) is 14.8. The maximum atomic E-state index is 5.82. The first-order valence-corrected chi connectivity index (χ1v) is 8.24. The Morgan fingerprint density at radius 1 is 1.15 bits per heavy atom. The number of nitrogen functional groups attached to an aromatic ring is 1. The van der Waals surface area contributed by atoms with Crippen LogP contribution >= 0.6 is 0 Å². The van der Waals surface area contributed by atoms with Gasteiger partial charge in [0.2, 0.25) is 11.9 Å². The van der Waals surface area contributed by atoms with Gasteiger partial charge in [-0.05, 0) is 31.2 Å². The molecule has 0 bridgehead atoms. The number of hydrogen-bond acceptors (Lipinski definition) is 8. The molecule has 136 valence electrons. The zero-order valence-electron chi connectivity index (χ0n) is 14.8. The minimum absolute atomic E-state index is 0.110. The van der Waals surface area contributed by atoms with Crippen LogP contribution in [0.2, 0.25) is 0 Å². The van der Waals surface area contributed by atoms with Gasteiger partial charge in [0.25, 0.3) is 0 Å². The van der Waals surface area contributed by atoms with E-state index in [9.17, 15) is 0 Å². The highest BCUT2D eigenvalue weighted by molar-refractivity contribution is 5.54. The number of methoxy groups -OCH3 is 1. The first kappa shape index (κ1) is 17.8. The predicted molar refractivity (Wildman–Crippen MR) is 98.9 cm³/mol. The van der Waals surface area contributed by atoms with Gasteiger partial charge < -0.3 is 20.2 Å². The van der Waals surface area contributed by atoms with Crippen LogP contribution in [0.15, 0.2) is 47.1 Å². The summed E-state index contributed by atoms with van der Waals surface area (Å²) in [5, 5.41) is 6.45. The van der Waals surface area contributed by atoms with E-state index in [4.69, 9.17) is 14.9 Å². The normalized spacial score (nSPS) is 12.1. The second-order valence-electron chi connectivity index (χ2n) is 5.83. The summed E-state index contributed by atoms with van der Waals surface area (Å²) in [6.07, 6.45) is 1.63. The van der Waals surface area contributed by atoms with Crippen LogP contribution in [0.1, 0.15) is 23.2 Å². The summed E-state index contributed by atoms with van der Waals surface area (Å²) in [5.41, 5.74) is 7.88. The molecule has 0 saturated carbocycles. The molecule has 3 rings (SSSR count). The van der Waals surface area contributed by atoms with Crippen LogP contribution in [0.5, 0.6) is 0 Å². The topological polar surface area (TPSA) is 111 Å². The molecule has 1 aromatic carbocycles. The minimum Gasteiger partial charge on any atom is -0.468 e. The molecule has 0 radical (unpaired) electrons. The molecule has 0 aliphatic heterocycles. The summed E-state index contributed by atoms with van der Waals surface area (Å²) in [5.74, 6) is 1.87. The maximum Gasteiger partial charge on any atom is 0.232 e. The van der Waals surface area contributed by atoms with Gasteiger partial charge in [-0.15, -0.1) is 0 Å². The van der Waals surface area contributed by atoms with Crippen molar-refractivity contribution in [2.45, 2.75) is 19.5 Å². The van der Waals surface area contributed by atoms with Gasteiger partial charge in [-0.25, -0.2) is 0 Å². The zero-order chi connectivity index (χ0) is 18.4. The first-order chi connectivity index (χ1) is 12.6. The standard InChI is InChI=1S/C18H22N6O2/c1-12-5-7-13(8-6-12)21-18-23-16(22-17(19)24-18)10-20-14(11-25-2)15-4-3-9-26-15/h3-9,14,20H,10-11H2,1-2H3,(H3,19,21,22,23,24). The van der Waals surface area contributed by atoms with E-state index in [-0.39, 0.29) is 12.0 Å². The fourth-order valence-corrected chi connectivity index (χ4v) is 2.45. The number of benzene rings is 1. The fraction of sp³-hybridized carbons (Fsp3) is 0.278. The van der Waals surface area contributed by atoms with Crippen LogP contribution in [0.4, 0.5) is 17.6 Å². The number of anilines is 3. The molecule has 0 fully saturated rings. The molecule has 3 aromatic rings. The van der Waals surface area contributed by atoms with Crippen LogP contribution in [0.3, 0.4) is 0 Å². The Morgan fingerprint density at radius 3 is 2.65 bits per heavy atom.